The van der Waals surface area contributed by atoms with Crippen LogP contribution in [0.15, 0.2) is 42.5 Å². The molecule has 0 saturated carbocycles. The number of amides is 1. The minimum Gasteiger partial charge on any atom is -0.494 e. The Morgan fingerprint density at radius 1 is 1.16 bits per heavy atom. The molecule has 0 atom stereocenters. The van der Waals surface area contributed by atoms with Gasteiger partial charge in [-0.15, -0.1) is 0 Å². The number of hydrogen-bond acceptors (Lipinski definition) is 3. The molecule has 0 aliphatic carbocycles. The molecule has 25 heavy (non-hydrogen) atoms. The van der Waals surface area contributed by atoms with Crippen molar-refractivity contribution in [1.29, 1.82) is 0 Å². The maximum atomic E-state index is 12.3. The molecule has 0 bridgehead atoms. The Balaban J connectivity index is 2.19. The second kappa shape index (κ2) is 8.11. The lowest BCUT2D eigenvalue weighted by molar-refractivity contribution is -0.153. The molecule has 2 aromatic rings. The van der Waals surface area contributed by atoms with Crippen molar-refractivity contribution < 1.29 is 27.4 Å². The Morgan fingerprint density at radius 2 is 1.92 bits per heavy atom. The largest absolute Gasteiger partial charge is 0.494 e. The summed E-state index contributed by atoms with van der Waals surface area (Å²) in [6.07, 6.45) is -4.49. The van der Waals surface area contributed by atoms with Crippen LogP contribution in [-0.2, 0) is 0 Å². The highest BCUT2D eigenvalue weighted by Crippen LogP contribution is 2.30. The summed E-state index contributed by atoms with van der Waals surface area (Å²) < 4.78 is 47.1. The quantitative estimate of drug-likeness (QED) is 0.780. The molecule has 0 unspecified atom stereocenters. The zero-order valence-corrected chi connectivity index (χ0v) is 13.9. The summed E-state index contributed by atoms with van der Waals surface area (Å²) in [7, 11) is 0. The standard InChI is InChI=1S/C17H15ClF3NO3/c1-2-24-13-5-3-4-11(8-13)16(23)22-14-9-12(18)6-7-15(14)25-10-17(19,20)21/h3-9H,2,10H2,1H3,(H,22,23). The molecular weight excluding hydrogens is 359 g/mol. The first kappa shape index (κ1) is 18.9. The SMILES string of the molecule is CCOc1cccc(C(=O)Nc2cc(Cl)ccc2OCC(F)(F)F)c1. The molecule has 2 rings (SSSR count). The van der Waals surface area contributed by atoms with Gasteiger partial charge >= 0.3 is 6.18 Å². The van der Waals surface area contributed by atoms with Crippen molar-refractivity contribution in [2.45, 2.75) is 13.1 Å². The van der Waals surface area contributed by atoms with E-state index in [1.165, 1.54) is 24.3 Å². The minimum absolute atomic E-state index is 0.0450. The van der Waals surface area contributed by atoms with Crippen molar-refractivity contribution >= 4 is 23.2 Å². The van der Waals surface area contributed by atoms with E-state index in [1.807, 2.05) is 6.92 Å². The third-order valence-corrected chi connectivity index (χ3v) is 3.22. The van der Waals surface area contributed by atoms with Crippen LogP contribution in [0, 0.1) is 0 Å². The molecule has 0 spiro atoms. The molecule has 4 nitrogen and oxygen atoms in total. The molecule has 2 aromatic carbocycles. The zero-order chi connectivity index (χ0) is 18.4. The van der Waals surface area contributed by atoms with Gasteiger partial charge in [0.15, 0.2) is 6.61 Å². The molecule has 1 N–H and O–H groups in total. The number of benzene rings is 2. The highest BCUT2D eigenvalue weighted by Gasteiger charge is 2.29. The highest BCUT2D eigenvalue weighted by molar-refractivity contribution is 6.31. The number of alkyl halides is 3. The van der Waals surface area contributed by atoms with Crippen LogP contribution < -0.4 is 14.8 Å². The second-order valence-corrected chi connectivity index (χ2v) is 5.40. The van der Waals surface area contributed by atoms with E-state index >= 15 is 0 Å². The van der Waals surface area contributed by atoms with Crippen LogP contribution >= 0.6 is 11.6 Å². The van der Waals surface area contributed by atoms with Crippen molar-refractivity contribution in [1.82, 2.24) is 0 Å². The van der Waals surface area contributed by atoms with Gasteiger partial charge < -0.3 is 14.8 Å². The van der Waals surface area contributed by atoms with Gasteiger partial charge in [0.1, 0.15) is 11.5 Å². The molecule has 134 valence electrons. The van der Waals surface area contributed by atoms with Gasteiger partial charge in [-0.3, -0.25) is 4.79 Å². The maximum absolute atomic E-state index is 12.3. The lowest BCUT2D eigenvalue weighted by atomic mass is 10.2. The van der Waals surface area contributed by atoms with E-state index in [-0.39, 0.29) is 22.0 Å². The number of halogens is 4. The fraction of sp³-hybridized carbons (Fsp3) is 0.235. The molecule has 0 aromatic heterocycles. The Labute approximate surface area is 147 Å². The summed E-state index contributed by atoms with van der Waals surface area (Å²) in [6.45, 7) is 0.773. The third-order valence-electron chi connectivity index (χ3n) is 2.99. The topological polar surface area (TPSA) is 47.6 Å². The van der Waals surface area contributed by atoms with Gasteiger partial charge in [0, 0.05) is 10.6 Å². The fourth-order valence-corrected chi connectivity index (χ4v) is 2.15. The van der Waals surface area contributed by atoms with Crippen molar-refractivity contribution in [3.63, 3.8) is 0 Å². The summed E-state index contributed by atoms with van der Waals surface area (Å²) in [4.78, 5) is 12.3. The fourth-order valence-electron chi connectivity index (χ4n) is 1.97. The number of nitrogens with one attached hydrogen (secondary N) is 1. The number of ether oxygens (including phenoxy) is 2. The minimum atomic E-state index is -4.49. The van der Waals surface area contributed by atoms with Crippen LogP contribution in [0.5, 0.6) is 11.5 Å². The molecule has 1 amide bonds. The van der Waals surface area contributed by atoms with Gasteiger partial charge in [-0.05, 0) is 43.3 Å². The van der Waals surface area contributed by atoms with Gasteiger partial charge in [0.05, 0.1) is 12.3 Å². The van der Waals surface area contributed by atoms with Crippen molar-refractivity contribution in [2.75, 3.05) is 18.5 Å². The van der Waals surface area contributed by atoms with E-state index in [4.69, 9.17) is 21.1 Å². The molecule has 0 fully saturated rings. The predicted molar refractivity (Wildman–Crippen MR) is 88.6 cm³/mol. The Bertz CT molecular complexity index is 750. The van der Waals surface area contributed by atoms with E-state index in [0.717, 1.165) is 0 Å². The van der Waals surface area contributed by atoms with Crippen LogP contribution in [0.3, 0.4) is 0 Å². The predicted octanol–water partition coefficient (Wildman–Crippen LogP) is 4.93. The number of hydrogen-bond donors (Lipinski definition) is 1. The van der Waals surface area contributed by atoms with E-state index < -0.39 is 18.7 Å². The normalized spacial score (nSPS) is 11.1. The Kier molecular flexibility index (Phi) is 6.14. The number of anilines is 1. The van der Waals surface area contributed by atoms with Gasteiger partial charge in [-0.1, -0.05) is 17.7 Å². The van der Waals surface area contributed by atoms with E-state index in [0.29, 0.717) is 12.4 Å². The van der Waals surface area contributed by atoms with Crippen molar-refractivity contribution in [2.24, 2.45) is 0 Å². The highest BCUT2D eigenvalue weighted by atomic mass is 35.5. The molecule has 0 radical (unpaired) electrons. The molecular formula is C17H15ClF3NO3. The van der Waals surface area contributed by atoms with E-state index in [1.54, 1.807) is 18.2 Å². The molecule has 0 heterocycles. The summed E-state index contributed by atoms with van der Waals surface area (Å²) in [5.74, 6) is -0.147. The van der Waals surface area contributed by atoms with Crippen LogP contribution in [-0.4, -0.2) is 25.3 Å². The van der Waals surface area contributed by atoms with Crippen LogP contribution in [0.1, 0.15) is 17.3 Å². The summed E-state index contributed by atoms with van der Waals surface area (Å²) in [5.41, 5.74) is 0.330. The lowest BCUT2D eigenvalue weighted by Crippen LogP contribution is -2.20. The number of carbonyl (C=O) groups excluding carboxylic acids is 1. The second-order valence-electron chi connectivity index (χ2n) is 4.96. The Morgan fingerprint density at radius 3 is 2.60 bits per heavy atom. The van der Waals surface area contributed by atoms with Gasteiger partial charge in [-0.2, -0.15) is 13.2 Å². The summed E-state index contributed by atoms with van der Waals surface area (Å²) >= 11 is 5.85. The molecule has 8 heteroatoms. The van der Waals surface area contributed by atoms with Crippen LogP contribution in [0.4, 0.5) is 18.9 Å². The zero-order valence-electron chi connectivity index (χ0n) is 13.2. The first-order chi connectivity index (χ1) is 11.8. The maximum Gasteiger partial charge on any atom is 0.422 e. The average Bonchev–Trinajstić information content (AvgIpc) is 2.54. The summed E-state index contributed by atoms with van der Waals surface area (Å²) in [5, 5.41) is 2.75. The first-order valence-corrected chi connectivity index (χ1v) is 7.69. The smallest absolute Gasteiger partial charge is 0.422 e. The lowest BCUT2D eigenvalue weighted by Gasteiger charge is -2.14. The monoisotopic (exact) mass is 373 g/mol. The Hall–Kier alpha value is -2.41. The average molecular weight is 374 g/mol. The van der Waals surface area contributed by atoms with Crippen LogP contribution in [0.2, 0.25) is 5.02 Å². The molecule has 0 aliphatic heterocycles. The van der Waals surface area contributed by atoms with E-state index in [9.17, 15) is 18.0 Å². The van der Waals surface area contributed by atoms with Crippen molar-refractivity contribution in [3.05, 3.63) is 53.1 Å². The van der Waals surface area contributed by atoms with Crippen LogP contribution in [0.25, 0.3) is 0 Å². The van der Waals surface area contributed by atoms with Crippen molar-refractivity contribution in [3.8, 4) is 11.5 Å². The van der Waals surface area contributed by atoms with Gasteiger partial charge in [0.2, 0.25) is 0 Å². The van der Waals surface area contributed by atoms with Gasteiger partial charge in [0.25, 0.3) is 5.91 Å². The number of rotatable bonds is 6. The third kappa shape index (κ3) is 5.86. The van der Waals surface area contributed by atoms with E-state index in [2.05, 4.69) is 5.32 Å². The van der Waals surface area contributed by atoms with Gasteiger partial charge in [-0.25, -0.2) is 0 Å². The number of carbonyl (C=O) groups is 1. The summed E-state index contributed by atoms with van der Waals surface area (Å²) in [6, 6.07) is 10.4. The molecule has 0 aliphatic rings. The molecule has 0 saturated heterocycles. The first-order valence-electron chi connectivity index (χ1n) is 7.32.